The van der Waals surface area contributed by atoms with Crippen LogP contribution in [0.3, 0.4) is 0 Å². The van der Waals surface area contributed by atoms with E-state index in [9.17, 15) is 13.2 Å². The molecule has 0 bridgehead atoms. The molecule has 0 fully saturated rings. The van der Waals surface area contributed by atoms with Crippen LogP contribution in [0.5, 0.6) is 0 Å². The molecule has 0 aliphatic heterocycles. The molecule has 0 aliphatic rings. The molecule has 1 aromatic carbocycles. The normalized spacial score (nSPS) is 11.4. The Labute approximate surface area is 109 Å². The van der Waals surface area contributed by atoms with Crippen molar-refractivity contribution >= 4 is 27.7 Å². The van der Waals surface area contributed by atoms with Gasteiger partial charge in [-0.2, -0.15) is 5.10 Å². The van der Waals surface area contributed by atoms with Crippen LogP contribution in [0.4, 0.5) is 0 Å². The van der Waals surface area contributed by atoms with Crippen LogP contribution in [-0.2, 0) is 9.84 Å². The number of nitrogens with zero attached hydrogens (tertiary/aromatic N) is 2. The van der Waals surface area contributed by atoms with Gasteiger partial charge in [0.2, 0.25) is 0 Å². The number of aldehydes is 1. The largest absolute Gasteiger partial charge is 0.298 e. The summed E-state index contributed by atoms with van der Waals surface area (Å²) in [5.41, 5.74) is 0.955. The zero-order valence-corrected chi connectivity index (χ0v) is 10.9. The Morgan fingerprint density at radius 2 is 2.11 bits per heavy atom. The van der Waals surface area contributed by atoms with Crippen molar-refractivity contribution in [2.75, 3.05) is 6.26 Å². The lowest BCUT2D eigenvalue weighted by molar-refractivity contribution is 0.112. The second-order valence-electron chi connectivity index (χ2n) is 3.72. The van der Waals surface area contributed by atoms with Crippen molar-refractivity contribution in [3.63, 3.8) is 0 Å². The highest BCUT2D eigenvalue weighted by atomic mass is 35.5. The molecule has 0 radical (unpaired) electrons. The van der Waals surface area contributed by atoms with Gasteiger partial charge in [0.1, 0.15) is 11.2 Å². The first-order chi connectivity index (χ1) is 8.41. The average molecular weight is 285 g/mol. The third-order valence-electron chi connectivity index (χ3n) is 2.34. The fourth-order valence-electron chi connectivity index (χ4n) is 1.41. The van der Waals surface area contributed by atoms with Crippen molar-refractivity contribution in [3.05, 3.63) is 41.2 Å². The highest BCUT2D eigenvalue weighted by Crippen LogP contribution is 2.22. The van der Waals surface area contributed by atoms with E-state index in [0.717, 1.165) is 6.26 Å². The highest BCUT2D eigenvalue weighted by molar-refractivity contribution is 7.90. The Morgan fingerprint density at radius 3 is 2.61 bits per heavy atom. The van der Waals surface area contributed by atoms with Crippen molar-refractivity contribution in [2.24, 2.45) is 0 Å². The Balaban J connectivity index is 2.50. The number of carbonyl (C=O) groups is 1. The minimum absolute atomic E-state index is 0.109. The summed E-state index contributed by atoms with van der Waals surface area (Å²) in [5.74, 6) is 0. The molecule has 1 heterocycles. The van der Waals surface area contributed by atoms with E-state index in [1.165, 1.54) is 23.1 Å². The summed E-state index contributed by atoms with van der Waals surface area (Å²) in [6, 6.07) is 4.67. The van der Waals surface area contributed by atoms with Gasteiger partial charge >= 0.3 is 0 Å². The molecule has 7 heteroatoms. The lowest BCUT2D eigenvalue weighted by atomic mass is 10.2. The highest BCUT2D eigenvalue weighted by Gasteiger charge is 2.12. The number of rotatable bonds is 3. The first-order valence-electron chi connectivity index (χ1n) is 4.91. The zero-order valence-electron chi connectivity index (χ0n) is 9.37. The molecule has 18 heavy (non-hydrogen) atoms. The minimum atomic E-state index is -3.30. The molecule has 0 amide bonds. The molecule has 0 saturated heterocycles. The van der Waals surface area contributed by atoms with Gasteiger partial charge in [-0.1, -0.05) is 11.6 Å². The first-order valence-corrected chi connectivity index (χ1v) is 7.18. The second-order valence-corrected chi connectivity index (χ2v) is 6.14. The molecule has 5 nitrogen and oxygen atoms in total. The van der Waals surface area contributed by atoms with E-state index in [1.54, 1.807) is 12.1 Å². The van der Waals surface area contributed by atoms with Crippen LogP contribution in [0.1, 0.15) is 10.4 Å². The van der Waals surface area contributed by atoms with E-state index < -0.39 is 9.84 Å². The molecule has 0 aliphatic carbocycles. The lowest BCUT2D eigenvalue weighted by Crippen LogP contribution is -1.97. The van der Waals surface area contributed by atoms with Gasteiger partial charge < -0.3 is 0 Å². The minimum Gasteiger partial charge on any atom is -0.298 e. The van der Waals surface area contributed by atoms with Crippen LogP contribution in [0.15, 0.2) is 35.5 Å². The molecule has 0 N–H and O–H groups in total. The van der Waals surface area contributed by atoms with Crippen LogP contribution in [0.25, 0.3) is 5.69 Å². The molecule has 2 aromatic rings. The van der Waals surface area contributed by atoms with E-state index in [0.29, 0.717) is 22.6 Å². The molecule has 2 rings (SSSR count). The second kappa shape index (κ2) is 4.55. The third kappa shape index (κ3) is 2.44. The zero-order chi connectivity index (χ0) is 13.3. The van der Waals surface area contributed by atoms with Gasteiger partial charge in [-0.15, -0.1) is 0 Å². The van der Waals surface area contributed by atoms with E-state index >= 15 is 0 Å². The standard InChI is InChI=1S/C11H9ClN2O3S/c1-18(16,17)9-5-13-14(6-9)11-3-2-8(7-15)4-10(11)12/h2-7H,1H3. The molecular formula is C11H9ClN2O3S. The molecule has 0 atom stereocenters. The Morgan fingerprint density at radius 1 is 1.39 bits per heavy atom. The molecule has 0 saturated carbocycles. The van der Waals surface area contributed by atoms with Crippen molar-refractivity contribution in [1.29, 1.82) is 0 Å². The van der Waals surface area contributed by atoms with E-state index in [4.69, 9.17) is 11.6 Å². The summed E-state index contributed by atoms with van der Waals surface area (Å²) in [6.07, 6.45) is 4.41. The molecule has 0 spiro atoms. The van der Waals surface area contributed by atoms with Gasteiger partial charge in [0.05, 0.1) is 16.9 Å². The fourth-order valence-corrected chi connectivity index (χ4v) is 2.22. The third-order valence-corrected chi connectivity index (χ3v) is 3.71. The van der Waals surface area contributed by atoms with Gasteiger partial charge in [-0.05, 0) is 18.2 Å². The van der Waals surface area contributed by atoms with E-state index in [2.05, 4.69) is 5.10 Å². The van der Waals surface area contributed by atoms with Crippen molar-refractivity contribution < 1.29 is 13.2 Å². The van der Waals surface area contributed by atoms with E-state index in [1.807, 2.05) is 0 Å². The SMILES string of the molecule is CS(=O)(=O)c1cnn(-c2ccc(C=O)cc2Cl)c1. The number of aromatic nitrogens is 2. The summed E-state index contributed by atoms with van der Waals surface area (Å²) >= 11 is 6.00. The number of carbonyl (C=O) groups excluding carboxylic acids is 1. The van der Waals surface area contributed by atoms with Gasteiger partial charge in [0, 0.05) is 18.0 Å². The number of halogens is 1. The predicted molar refractivity (Wildman–Crippen MR) is 67.1 cm³/mol. The summed E-state index contributed by atoms with van der Waals surface area (Å²) in [6.45, 7) is 0. The molecule has 1 aromatic heterocycles. The van der Waals surface area contributed by atoms with Crippen molar-refractivity contribution in [2.45, 2.75) is 4.90 Å². The Hall–Kier alpha value is -1.66. The maximum Gasteiger partial charge on any atom is 0.178 e. The lowest BCUT2D eigenvalue weighted by Gasteiger charge is -2.04. The maximum absolute atomic E-state index is 11.3. The maximum atomic E-state index is 11.3. The molecule has 94 valence electrons. The van der Waals surface area contributed by atoms with Gasteiger partial charge in [0.25, 0.3) is 0 Å². The van der Waals surface area contributed by atoms with Crippen LogP contribution < -0.4 is 0 Å². The Bertz CT molecular complexity index is 707. The quantitative estimate of drug-likeness (QED) is 0.805. The van der Waals surface area contributed by atoms with Crippen LogP contribution in [-0.4, -0.2) is 30.7 Å². The monoisotopic (exact) mass is 284 g/mol. The summed E-state index contributed by atoms with van der Waals surface area (Å²) < 4.78 is 24.0. The van der Waals surface area contributed by atoms with Gasteiger partial charge in [-0.3, -0.25) is 4.79 Å². The fraction of sp³-hybridized carbons (Fsp3) is 0.0909. The summed E-state index contributed by atoms with van der Waals surface area (Å²) in [7, 11) is -3.30. The topological polar surface area (TPSA) is 69.0 Å². The van der Waals surface area contributed by atoms with Gasteiger partial charge in [-0.25, -0.2) is 13.1 Å². The number of hydrogen-bond donors (Lipinski definition) is 0. The first kappa shape index (κ1) is 12.8. The van der Waals surface area contributed by atoms with Crippen molar-refractivity contribution in [3.8, 4) is 5.69 Å². The summed E-state index contributed by atoms with van der Waals surface area (Å²) in [5, 5.41) is 4.26. The van der Waals surface area contributed by atoms with Gasteiger partial charge in [0.15, 0.2) is 9.84 Å². The molecule has 0 unspecified atom stereocenters. The Kier molecular flexibility index (Phi) is 3.23. The molecular weight excluding hydrogens is 276 g/mol. The number of hydrogen-bond acceptors (Lipinski definition) is 4. The average Bonchev–Trinajstić information content (AvgIpc) is 2.77. The van der Waals surface area contributed by atoms with E-state index in [-0.39, 0.29) is 4.90 Å². The van der Waals surface area contributed by atoms with Crippen molar-refractivity contribution in [1.82, 2.24) is 9.78 Å². The van der Waals surface area contributed by atoms with Crippen LogP contribution >= 0.6 is 11.6 Å². The summed E-state index contributed by atoms with van der Waals surface area (Å²) in [4.78, 5) is 10.7. The smallest absolute Gasteiger partial charge is 0.178 e. The number of benzene rings is 1. The van der Waals surface area contributed by atoms with Crippen LogP contribution in [0.2, 0.25) is 5.02 Å². The predicted octanol–water partition coefficient (Wildman–Crippen LogP) is 1.74. The number of sulfone groups is 1. The van der Waals surface area contributed by atoms with Crippen LogP contribution in [0, 0.1) is 0 Å².